The van der Waals surface area contributed by atoms with Gasteiger partial charge in [-0.15, -0.1) is 0 Å². The SMILES string of the molecule is NCCc1nc2nccnc2s1. The molecule has 2 aromatic heterocycles. The predicted octanol–water partition coefficient (Wildman–Crippen LogP) is 0.587. The fraction of sp³-hybridized carbons (Fsp3) is 0.286. The summed E-state index contributed by atoms with van der Waals surface area (Å²) < 4.78 is 0. The van der Waals surface area contributed by atoms with Gasteiger partial charge in [-0.05, 0) is 6.54 Å². The third-order valence-electron chi connectivity index (χ3n) is 1.45. The minimum absolute atomic E-state index is 0.625. The second kappa shape index (κ2) is 3.12. The minimum atomic E-state index is 0.625. The summed E-state index contributed by atoms with van der Waals surface area (Å²) in [5.74, 6) is 0. The number of aromatic nitrogens is 3. The molecule has 12 heavy (non-hydrogen) atoms. The molecular formula is C7H8N4S. The van der Waals surface area contributed by atoms with Gasteiger partial charge in [0.15, 0.2) is 10.5 Å². The molecule has 0 aliphatic heterocycles. The Bertz CT molecular complexity index is 351. The molecule has 0 bridgehead atoms. The Morgan fingerprint density at radius 2 is 2.17 bits per heavy atom. The Hall–Kier alpha value is -1.07. The van der Waals surface area contributed by atoms with Crippen LogP contribution in [0.5, 0.6) is 0 Å². The molecule has 0 amide bonds. The Balaban J connectivity index is 2.47. The van der Waals surface area contributed by atoms with Crippen molar-refractivity contribution in [3.8, 4) is 0 Å². The number of thiazole rings is 1. The zero-order valence-electron chi connectivity index (χ0n) is 6.40. The molecule has 0 aliphatic rings. The van der Waals surface area contributed by atoms with Crippen molar-refractivity contribution in [2.75, 3.05) is 6.54 Å². The average Bonchev–Trinajstić information content (AvgIpc) is 2.47. The van der Waals surface area contributed by atoms with Gasteiger partial charge in [-0.25, -0.2) is 15.0 Å². The fourth-order valence-corrected chi connectivity index (χ4v) is 1.83. The first-order valence-electron chi connectivity index (χ1n) is 3.66. The van der Waals surface area contributed by atoms with Crippen LogP contribution in [-0.4, -0.2) is 21.5 Å². The van der Waals surface area contributed by atoms with Gasteiger partial charge in [0.05, 0.1) is 5.01 Å². The second-order valence-corrected chi connectivity index (χ2v) is 3.39. The van der Waals surface area contributed by atoms with E-state index in [0.717, 1.165) is 21.9 Å². The summed E-state index contributed by atoms with van der Waals surface area (Å²) in [6, 6.07) is 0. The first-order chi connectivity index (χ1) is 5.90. The van der Waals surface area contributed by atoms with E-state index in [2.05, 4.69) is 15.0 Å². The number of nitrogens with two attached hydrogens (primary N) is 1. The first kappa shape index (κ1) is 7.57. The largest absolute Gasteiger partial charge is 0.330 e. The highest BCUT2D eigenvalue weighted by Crippen LogP contribution is 2.16. The van der Waals surface area contributed by atoms with E-state index in [-0.39, 0.29) is 0 Å². The lowest BCUT2D eigenvalue weighted by Crippen LogP contribution is -2.01. The maximum Gasteiger partial charge on any atom is 0.189 e. The zero-order valence-corrected chi connectivity index (χ0v) is 7.21. The van der Waals surface area contributed by atoms with Crippen LogP contribution in [-0.2, 0) is 6.42 Å². The number of nitrogens with zero attached hydrogens (tertiary/aromatic N) is 3. The van der Waals surface area contributed by atoms with Crippen LogP contribution >= 0.6 is 11.3 Å². The summed E-state index contributed by atoms with van der Waals surface area (Å²) in [5, 5.41) is 1.01. The smallest absolute Gasteiger partial charge is 0.189 e. The maximum atomic E-state index is 5.41. The van der Waals surface area contributed by atoms with E-state index >= 15 is 0 Å². The number of hydrogen-bond donors (Lipinski definition) is 1. The summed E-state index contributed by atoms with van der Waals surface area (Å²) in [7, 11) is 0. The van der Waals surface area contributed by atoms with Crippen molar-refractivity contribution in [3.05, 3.63) is 17.4 Å². The van der Waals surface area contributed by atoms with E-state index in [1.807, 2.05) is 0 Å². The van der Waals surface area contributed by atoms with Gasteiger partial charge < -0.3 is 5.73 Å². The van der Waals surface area contributed by atoms with Crippen LogP contribution < -0.4 is 5.73 Å². The van der Waals surface area contributed by atoms with Crippen LogP contribution in [0.4, 0.5) is 0 Å². The van der Waals surface area contributed by atoms with Crippen LogP contribution in [0.1, 0.15) is 5.01 Å². The Kier molecular flexibility index (Phi) is 1.97. The normalized spacial score (nSPS) is 10.8. The molecule has 0 spiro atoms. The first-order valence-corrected chi connectivity index (χ1v) is 4.48. The Morgan fingerprint density at radius 3 is 2.92 bits per heavy atom. The lowest BCUT2D eigenvalue weighted by Gasteiger charge is -1.84. The monoisotopic (exact) mass is 180 g/mol. The highest BCUT2D eigenvalue weighted by atomic mass is 32.1. The molecule has 0 atom stereocenters. The number of rotatable bonds is 2. The predicted molar refractivity (Wildman–Crippen MR) is 48.0 cm³/mol. The second-order valence-electron chi connectivity index (χ2n) is 2.33. The molecule has 0 unspecified atom stereocenters. The van der Waals surface area contributed by atoms with Crippen LogP contribution in [0.3, 0.4) is 0 Å². The van der Waals surface area contributed by atoms with E-state index < -0.39 is 0 Å². The van der Waals surface area contributed by atoms with Crippen LogP contribution in [0.25, 0.3) is 10.5 Å². The Labute approximate surface area is 73.5 Å². The summed E-state index contributed by atoms with van der Waals surface area (Å²) in [6.07, 6.45) is 4.13. The van der Waals surface area contributed by atoms with Crippen molar-refractivity contribution in [2.24, 2.45) is 5.73 Å². The minimum Gasteiger partial charge on any atom is -0.330 e. The van der Waals surface area contributed by atoms with Gasteiger partial charge in [0.25, 0.3) is 0 Å². The molecule has 2 heterocycles. The van der Waals surface area contributed by atoms with E-state index in [4.69, 9.17) is 5.73 Å². The topological polar surface area (TPSA) is 64.7 Å². The molecule has 0 saturated heterocycles. The maximum absolute atomic E-state index is 5.41. The van der Waals surface area contributed by atoms with Gasteiger partial charge in [-0.1, -0.05) is 11.3 Å². The summed E-state index contributed by atoms with van der Waals surface area (Å²) in [6.45, 7) is 0.625. The lowest BCUT2D eigenvalue weighted by atomic mass is 10.5. The van der Waals surface area contributed by atoms with Crippen molar-refractivity contribution in [3.63, 3.8) is 0 Å². The van der Waals surface area contributed by atoms with Crippen molar-refractivity contribution >= 4 is 21.8 Å². The van der Waals surface area contributed by atoms with Gasteiger partial charge >= 0.3 is 0 Å². The van der Waals surface area contributed by atoms with E-state index in [1.165, 1.54) is 0 Å². The molecule has 0 aliphatic carbocycles. The quantitative estimate of drug-likeness (QED) is 0.734. The highest BCUT2D eigenvalue weighted by molar-refractivity contribution is 7.18. The van der Waals surface area contributed by atoms with Gasteiger partial charge in [0.2, 0.25) is 0 Å². The van der Waals surface area contributed by atoms with Gasteiger partial charge in [-0.3, -0.25) is 0 Å². The number of fused-ring (bicyclic) bond motifs is 1. The molecule has 0 fully saturated rings. The van der Waals surface area contributed by atoms with Gasteiger partial charge in [-0.2, -0.15) is 0 Å². The van der Waals surface area contributed by atoms with E-state index in [0.29, 0.717) is 6.54 Å². The Morgan fingerprint density at radius 1 is 1.33 bits per heavy atom. The highest BCUT2D eigenvalue weighted by Gasteiger charge is 2.03. The summed E-state index contributed by atoms with van der Waals surface area (Å²) >= 11 is 1.56. The van der Waals surface area contributed by atoms with Crippen molar-refractivity contribution in [1.82, 2.24) is 15.0 Å². The molecule has 0 aromatic carbocycles. The molecule has 5 heteroatoms. The third-order valence-corrected chi connectivity index (χ3v) is 2.46. The molecule has 0 saturated carbocycles. The molecule has 0 radical (unpaired) electrons. The van der Waals surface area contributed by atoms with Crippen molar-refractivity contribution in [2.45, 2.75) is 6.42 Å². The van der Waals surface area contributed by atoms with Crippen LogP contribution in [0.15, 0.2) is 12.4 Å². The standard InChI is InChI=1S/C7H8N4S/c8-2-1-5-11-6-7(12-5)10-4-3-9-6/h3-4H,1-2,8H2. The van der Waals surface area contributed by atoms with Crippen LogP contribution in [0, 0.1) is 0 Å². The van der Waals surface area contributed by atoms with Crippen LogP contribution in [0.2, 0.25) is 0 Å². The molecule has 2 N–H and O–H groups in total. The lowest BCUT2D eigenvalue weighted by molar-refractivity contribution is 0.955. The molecule has 4 nitrogen and oxygen atoms in total. The van der Waals surface area contributed by atoms with Crippen molar-refractivity contribution < 1.29 is 0 Å². The van der Waals surface area contributed by atoms with Gasteiger partial charge in [0.1, 0.15) is 0 Å². The molecular weight excluding hydrogens is 172 g/mol. The summed E-state index contributed by atoms with van der Waals surface area (Å²) in [4.78, 5) is 13.4. The van der Waals surface area contributed by atoms with E-state index in [1.54, 1.807) is 23.7 Å². The molecule has 2 rings (SSSR count). The third kappa shape index (κ3) is 1.28. The fourth-order valence-electron chi connectivity index (χ4n) is 0.950. The van der Waals surface area contributed by atoms with Gasteiger partial charge in [0, 0.05) is 18.8 Å². The average molecular weight is 180 g/mol. The number of hydrogen-bond acceptors (Lipinski definition) is 5. The summed E-state index contributed by atoms with van der Waals surface area (Å²) in [5.41, 5.74) is 6.14. The van der Waals surface area contributed by atoms with E-state index in [9.17, 15) is 0 Å². The van der Waals surface area contributed by atoms with Crippen molar-refractivity contribution in [1.29, 1.82) is 0 Å². The molecule has 2 aromatic rings. The zero-order chi connectivity index (χ0) is 8.39. The molecule has 62 valence electrons.